The third kappa shape index (κ3) is 6.55. The van der Waals surface area contributed by atoms with Crippen molar-refractivity contribution in [2.75, 3.05) is 20.6 Å². The van der Waals surface area contributed by atoms with E-state index in [1.165, 1.54) is 10.6 Å². The van der Waals surface area contributed by atoms with Crippen molar-refractivity contribution in [3.8, 4) is 5.75 Å². The Balaban J connectivity index is 2.65. The van der Waals surface area contributed by atoms with Crippen LogP contribution in [0.2, 0.25) is 0 Å². The molecule has 2 rings (SSSR count). The van der Waals surface area contributed by atoms with Gasteiger partial charge in [0.05, 0.1) is 11.1 Å². The average Bonchev–Trinajstić information content (AvgIpc) is 2.96. The molecule has 1 aromatic carbocycles. The standard InChI is InChI=1S/C23H32N2O6/c1-22(2,3)30-20(27)25-13-15(11-12-24(7)8)18-17(25)10-9-16(14-26)19(18)29-21(28)31-23(4,5)6/h9-10,13-14H,11-12H2,1-8H3. The van der Waals surface area contributed by atoms with Gasteiger partial charge in [-0.15, -0.1) is 0 Å². The van der Waals surface area contributed by atoms with Gasteiger partial charge in [-0.1, -0.05) is 0 Å². The Labute approximate surface area is 183 Å². The summed E-state index contributed by atoms with van der Waals surface area (Å²) in [7, 11) is 3.87. The number of ether oxygens (including phenoxy) is 3. The Bertz CT molecular complexity index is 977. The summed E-state index contributed by atoms with van der Waals surface area (Å²) in [4.78, 5) is 38.9. The third-order valence-electron chi connectivity index (χ3n) is 4.15. The van der Waals surface area contributed by atoms with E-state index in [0.29, 0.717) is 30.2 Å². The van der Waals surface area contributed by atoms with Crippen molar-refractivity contribution in [2.24, 2.45) is 0 Å². The predicted octanol–water partition coefficient (Wildman–Crippen LogP) is 4.66. The summed E-state index contributed by atoms with van der Waals surface area (Å²) in [6, 6.07) is 3.15. The van der Waals surface area contributed by atoms with Gasteiger partial charge in [-0.3, -0.25) is 9.36 Å². The Kier molecular flexibility index (Phi) is 7.16. The summed E-state index contributed by atoms with van der Waals surface area (Å²) >= 11 is 0. The molecule has 0 fully saturated rings. The molecule has 0 saturated heterocycles. The molecule has 2 aromatic rings. The van der Waals surface area contributed by atoms with Gasteiger partial charge in [-0.25, -0.2) is 9.59 Å². The lowest BCUT2D eigenvalue weighted by atomic mass is 10.1. The molecule has 0 radical (unpaired) electrons. The van der Waals surface area contributed by atoms with Crippen LogP contribution in [0, 0.1) is 0 Å². The molecular formula is C23H32N2O6. The number of hydrogen-bond donors (Lipinski definition) is 0. The maximum Gasteiger partial charge on any atom is 0.514 e. The molecule has 0 aliphatic heterocycles. The number of benzene rings is 1. The normalized spacial score (nSPS) is 12.2. The number of nitrogens with zero attached hydrogens (tertiary/aromatic N) is 2. The van der Waals surface area contributed by atoms with E-state index in [-0.39, 0.29) is 11.3 Å². The fraction of sp³-hybridized carbons (Fsp3) is 0.522. The SMILES string of the molecule is CN(C)CCc1cn(C(=O)OC(C)(C)C)c2ccc(C=O)c(OC(=O)OC(C)(C)C)c12. The maximum atomic E-state index is 12.8. The number of carbonyl (C=O) groups is 3. The number of aldehydes is 1. The fourth-order valence-electron chi connectivity index (χ4n) is 2.94. The first-order valence-corrected chi connectivity index (χ1v) is 10.1. The molecule has 1 aromatic heterocycles. The molecule has 0 atom stereocenters. The van der Waals surface area contributed by atoms with E-state index in [4.69, 9.17) is 14.2 Å². The largest absolute Gasteiger partial charge is 0.514 e. The molecule has 1 heterocycles. The van der Waals surface area contributed by atoms with Gasteiger partial charge in [0.1, 0.15) is 11.2 Å². The zero-order valence-electron chi connectivity index (χ0n) is 19.6. The Morgan fingerprint density at radius 2 is 1.65 bits per heavy atom. The van der Waals surface area contributed by atoms with Gasteiger partial charge >= 0.3 is 12.2 Å². The highest BCUT2D eigenvalue weighted by atomic mass is 16.7. The van der Waals surface area contributed by atoms with E-state index in [9.17, 15) is 14.4 Å². The molecule has 0 saturated carbocycles. The summed E-state index contributed by atoms with van der Waals surface area (Å²) in [5.74, 6) is 0.0674. The van der Waals surface area contributed by atoms with Crippen molar-refractivity contribution < 1.29 is 28.6 Å². The van der Waals surface area contributed by atoms with Gasteiger partial charge in [0.15, 0.2) is 12.0 Å². The minimum absolute atomic E-state index is 0.0674. The Morgan fingerprint density at radius 1 is 1.03 bits per heavy atom. The van der Waals surface area contributed by atoms with E-state index < -0.39 is 23.5 Å². The summed E-state index contributed by atoms with van der Waals surface area (Å²) in [6.45, 7) is 11.2. The molecule has 31 heavy (non-hydrogen) atoms. The molecule has 0 unspecified atom stereocenters. The molecular weight excluding hydrogens is 400 g/mol. The van der Waals surface area contributed by atoms with Crippen LogP contribution in [0.25, 0.3) is 10.9 Å². The van der Waals surface area contributed by atoms with Gasteiger partial charge in [0, 0.05) is 18.1 Å². The second-order valence-electron chi connectivity index (χ2n) is 9.62. The van der Waals surface area contributed by atoms with Crippen molar-refractivity contribution in [1.82, 2.24) is 9.47 Å². The molecule has 8 nitrogen and oxygen atoms in total. The third-order valence-corrected chi connectivity index (χ3v) is 4.15. The van der Waals surface area contributed by atoms with Crippen LogP contribution in [-0.4, -0.2) is 59.8 Å². The van der Waals surface area contributed by atoms with Crippen molar-refractivity contribution >= 4 is 29.4 Å². The van der Waals surface area contributed by atoms with Crippen LogP contribution in [0.3, 0.4) is 0 Å². The first-order valence-electron chi connectivity index (χ1n) is 10.1. The first kappa shape index (κ1) is 24.4. The molecule has 0 spiro atoms. The number of hydrogen-bond acceptors (Lipinski definition) is 7. The predicted molar refractivity (Wildman–Crippen MR) is 118 cm³/mol. The number of fused-ring (bicyclic) bond motifs is 1. The molecule has 0 bridgehead atoms. The van der Waals surface area contributed by atoms with Gasteiger partial charge < -0.3 is 19.1 Å². The van der Waals surface area contributed by atoms with Gasteiger partial charge in [0.25, 0.3) is 0 Å². The monoisotopic (exact) mass is 432 g/mol. The number of likely N-dealkylation sites (N-methyl/N-ethyl adjacent to an activating group) is 1. The summed E-state index contributed by atoms with van der Waals surface area (Å²) in [6.07, 6.45) is 1.35. The zero-order chi connectivity index (χ0) is 23.6. The molecule has 8 heteroatoms. The summed E-state index contributed by atoms with van der Waals surface area (Å²) < 4.78 is 17.7. The number of carbonyl (C=O) groups excluding carboxylic acids is 3. The smallest absolute Gasteiger partial charge is 0.443 e. The minimum atomic E-state index is -0.924. The van der Waals surface area contributed by atoms with E-state index in [0.717, 1.165) is 5.56 Å². The molecule has 170 valence electrons. The average molecular weight is 433 g/mol. The maximum absolute atomic E-state index is 12.8. The molecule has 0 aliphatic rings. The minimum Gasteiger partial charge on any atom is -0.443 e. The van der Waals surface area contributed by atoms with Crippen LogP contribution in [-0.2, 0) is 15.9 Å². The molecule has 0 aliphatic carbocycles. The van der Waals surface area contributed by atoms with Crippen LogP contribution < -0.4 is 4.74 Å². The van der Waals surface area contributed by atoms with Crippen molar-refractivity contribution in [3.63, 3.8) is 0 Å². The van der Waals surface area contributed by atoms with Crippen LogP contribution >= 0.6 is 0 Å². The first-order chi connectivity index (χ1) is 14.2. The van der Waals surface area contributed by atoms with E-state index >= 15 is 0 Å². The summed E-state index contributed by atoms with van der Waals surface area (Å²) in [5.41, 5.74) is -0.0335. The topological polar surface area (TPSA) is 87.1 Å². The number of aromatic nitrogens is 1. The van der Waals surface area contributed by atoms with Crippen LogP contribution in [0.15, 0.2) is 18.3 Å². The lowest BCUT2D eigenvalue weighted by Crippen LogP contribution is -2.27. The van der Waals surface area contributed by atoms with Crippen LogP contribution in [0.4, 0.5) is 9.59 Å². The lowest BCUT2D eigenvalue weighted by Gasteiger charge is -2.20. The second kappa shape index (κ2) is 9.09. The van der Waals surface area contributed by atoms with E-state index in [1.54, 1.807) is 53.8 Å². The lowest BCUT2D eigenvalue weighted by molar-refractivity contribution is 0.0208. The highest BCUT2D eigenvalue weighted by molar-refractivity contribution is 6.01. The van der Waals surface area contributed by atoms with Crippen LogP contribution in [0.1, 0.15) is 57.5 Å². The number of rotatable bonds is 5. The summed E-state index contributed by atoms with van der Waals surface area (Å²) in [5, 5.41) is 0.503. The molecule has 0 N–H and O–H groups in total. The Hall–Kier alpha value is -2.87. The quantitative estimate of drug-likeness (QED) is 0.386. The van der Waals surface area contributed by atoms with Crippen LogP contribution in [0.5, 0.6) is 5.75 Å². The highest BCUT2D eigenvalue weighted by Gasteiger charge is 2.26. The van der Waals surface area contributed by atoms with Crippen molar-refractivity contribution in [1.29, 1.82) is 0 Å². The van der Waals surface area contributed by atoms with E-state index in [2.05, 4.69) is 0 Å². The van der Waals surface area contributed by atoms with Crippen molar-refractivity contribution in [3.05, 3.63) is 29.5 Å². The fourth-order valence-corrected chi connectivity index (χ4v) is 2.94. The van der Waals surface area contributed by atoms with Gasteiger partial charge in [-0.2, -0.15) is 0 Å². The van der Waals surface area contributed by atoms with Crippen molar-refractivity contribution in [2.45, 2.75) is 59.2 Å². The Morgan fingerprint density at radius 3 is 2.16 bits per heavy atom. The molecule has 0 amide bonds. The van der Waals surface area contributed by atoms with Gasteiger partial charge in [0.2, 0.25) is 0 Å². The van der Waals surface area contributed by atoms with Gasteiger partial charge in [-0.05, 0) is 79.8 Å². The highest BCUT2D eigenvalue weighted by Crippen LogP contribution is 2.35. The zero-order valence-corrected chi connectivity index (χ0v) is 19.6. The second-order valence-corrected chi connectivity index (χ2v) is 9.62. The van der Waals surface area contributed by atoms with E-state index in [1.807, 2.05) is 19.0 Å².